The van der Waals surface area contributed by atoms with E-state index >= 15 is 0 Å². The Morgan fingerprint density at radius 1 is 1.06 bits per heavy atom. The van der Waals surface area contributed by atoms with Crippen molar-refractivity contribution in [1.82, 2.24) is 10.3 Å². The topological polar surface area (TPSA) is 51.2 Å². The maximum Gasteiger partial charge on any atom is 0.280 e. The van der Waals surface area contributed by atoms with E-state index < -0.39 is 17.6 Å². The second-order valence-electron chi connectivity index (χ2n) is 7.93. The molecule has 0 aliphatic carbocycles. The van der Waals surface area contributed by atoms with Crippen molar-refractivity contribution in [1.29, 1.82) is 0 Å². The van der Waals surface area contributed by atoms with Gasteiger partial charge in [-0.15, -0.1) is 0 Å². The number of allylic oxidation sites excluding steroid dienone is 3. The minimum absolute atomic E-state index is 0.207. The highest BCUT2D eigenvalue weighted by Crippen LogP contribution is 2.16. The lowest BCUT2D eigenvalue weighted by Crippen LogP contribution is -2.27. The first-order valence-electron chi connectivity index (χ1n) is 11.0. The zero-order chi connectivity index (χ0) is 22.5. The van der Waals surface area contributed by atoms with Crippen molar-refractivity contribution in [3.8, 4) is 5.88 Å². The van der Waals surface area contributed by atoms with Crippen LogP contribution < -0.4 is 10.1 Å². The SMILES string of the molecule is CC(C)CNC(=O)/C(F)=C\C(F)=C/CCCCCCCOc1ccc2ccccc2n1. The van der Waals surface area contributed by atoms with Crippen molar-refractivity contribution in [2.24, 2.45) is 5.92 Å². The molecule has 0 bridgehead atoms. The summed E-state index contributed by atoms with van der Waals surface area (Å²) in [6.45, 7) is 4.77. The number of aromatic nitrogens is 1. The number of pyridine rings is 1. The first kappa shape index (κ1) is 24.5. The van der Waals surface area contributed by atoms with Gasteiger partial charge in [0, 0.05) is 24.1 Å². The van der Waals surface area contributed by atoms with Gasteiger partial charge >= 0.3 is 0 Å². The van der Waals surface area contributed by atoms with Crippen molar-refractivity contribution >= 4 is 16.8 Å². The van der Waals surface area contributed by atoms with Gasteiger partial charge in [-0.2, -0.15) is 0 Å². The van der Waals surface area contributed by atoms with E-state index in [1.807, 2.05) is 50.2 Å². The maximum absolute atomic E-state index is 13.7. The van der Waals surface area contributed by atoms with E-state index in [0.717, 1.165) is 43.0 Å². The van der Waals surface area contributed by atoms with Crippen LogP contribution in [0.5, 0.6) is 5.88 Å². The molecule has 0 saturated carbocycles. The van der Waals surface area contributed by atoms with Gasteiger partial charge in [-0.05, 0) is 43.4 Å². The fourth-order valence-electron chi connectivity index (χ4n) is 2.95. The Labute approximate surface area is 183 Å². The first-order chi connectivity index (χ1) is 15.0. The van der Waals surface area contributed by atoms with E-state index in [9.17, 15) is 13.6 Å². The Balaban J connectivity index is 1.55. The monoisotopic (exact) mass is 430 g/mol. The Morgan fingerprint density at radius 2 is 1.81 bits per heavy atom. The van der Waals surface area contributed by atoms with Crippen molar-refractivity contribution in [3.05, 3.63) is 60.2 Å². The third kappa shape index (κ3) is 9.73. The molecule has 168 valence electrons. The van der Waals surface area contributed by atoms with E-state index in [1.54, 1.807) is 0 Å². The lowest BCUT2D eigenvalue weighted by atomic mass is 10.1. The second-order valence-corrected chi connectivity index (χ2v) is 7.93. The number of rotatable bonds is 13. The van der Waals surface area contributed by atoms with Gasteiger partial charge in [-0.1, -0.05) is 51.3 Å². The minimum atomic E-state index is -1.10. The summed E-state index contributed by atoms with van der Waals surface area (Å²) in [6.07, 6.45) is 7.22. The molecule has 0 atom stereocenters. The average molecular weight is 431 g/mol. The molecule has 0 fully saturated rings. The van der Waals surface area contributed by atoms with Gasteiger partial charge in [0.1, 0.15) is 5.83 Å². The number of unbranched alkanes of at least 4 members (excludes halogenated alkanes) is 5. The summed E-state index contributed by atoms with van der Waals surface area (Å²) in [4.78, 5) is 15.9. The number of carbonyl (C=O) groups excluding carboxylic acids is 1. The maximum atomic E-state index is 13.7. The van der Waals surface area contributed by atoms with Crippen LogP contribution >= 0.6 is 0 Å². The molecule has 0 unspecified atom stereocenters. The highest BCUT2D eigenvalue weighted by molar-refractivity contribution is 5.91. The number of benzene rings is 1. The van der Waals surface area contributed by atoms with Crippen LogP contribution in [0.15, 0.2) is 60.2 Å². The molecule has 0 spiro atoms. The largest absolute Gasteiger partial charge is 0.478 e. The van der Waals surface area contributed by atoms with Crippen molar-refractivity contribution in [2.75, 3.05) is 13.2 Å². The third-order valence-corrected chi connectivity index (χ3v) is 4.66. The number of nitrogens with zero attached hydrogens (tertiary/aromatic N) is 1. The molecule has 1 aromatic carbocycles. The molecular formula is C25H32F2N2O2. The zero-order valence-corrected chi connectivity index (χ0v) is 18.4. The molecule has 6 heteroatoms. The number of fused-ring (bicyclic) bond motifs is 1. The summed E-state index contributed by atoms with van der Waals surface area (Å²) in [5, 5.41) is 3.51. The van der Waals surface area contributed by atoms with Crippen LogP contribution in [0.25, 0.3) is 10.9 Å². The van der Waals surface area contributed by atoms with Crippen LogP contribution in [0.3, 0.4) is 0 Å². The lowest BCUT2D eigenvalue weighted by Gasteiger charge is -2.06. The van der Waals surface area contributed by atoms with E-state index in [0.29, 0.717) is 31.5 Å². The summed E-state index contributed by atoms with van der Waals surface area (Å²) in [5.74, 6) is -1.85. The molecule has 2 aromatic rings. The van der Waals surface area contributed by atoms with E-state index in [4.69, 9.17) is 4.74 Å². The van der Waals surface area contributed by atoms with E-state index in [1.165, 1.54) is 6.08 Å². The summed E-state index contributed by atoms with van der Waals surface area (Å²) in [6, 6.07) is 11.8. The van der Waals surface area contributed by atoms with Crippen LogP contribution in [-0.2, 0) is 4.79 Å². The molecule has 1 N–H and O–H groups in total. The molecule has 0 radical (unpaired) electrons. The Morgan fingerprint density at radius 3 is 2.61 bits per heavy atom. The van der Waals surface area contributed by atoms with Crippen molar-refractivity contribution < 1.29 is 18.3 Å². The smallest absolute Gasteiger partial charge is 0.280 e. The number of amides is 1. The fourth-order valence-corrected chi connectivity index (χ4v) is 2.95. The van der Waals surface area contributed by atoms with Crippen molar-refractivity contribution in [2.45, 2.75) is 52.4 Å². The Bertz CT molecular complexity index is 894. The van der Waals surface area contributed by atoms with Gasteiger partial charge in [0.25, 0.3) is 5.91 Å². The number of halogens is 2. The van der Waals surface area contributed by atoms with Gasteiger partial charge in [-0.25, -0.2) is 13.8 Å². The summed E-state index contributed by atoms with van der Waals surface area (Å²) < 4.78 is 33.0. The molecule has 1 heterocycles. The number of para-hydroxylation sites is 1. The van der Waals surface area contributed by atoms with Gasteiger partial charge in [0.15, 0.2) is 5.83 Å². The summed E-state index contributed by atoms with van der Waals surface area (Å²) in [7, 11) is 0. The standard InChI is InChI=1S/C25H32F2N2O2/c1-19(2)18-28-25(30)22(27)17-21(26)12-7-5-3-4-6-10-16-31-24-15-14-20-11-8-9-13-23(20)29-24/h8-9,11-15,17,19H,3-7,10,16,18H2,1-2H3,(H,28,30)/b21-12+,22-17+. The number of ether oxygens (including phenoxy) is 1. The van der Waals surface area contributed by atoms with Gasteiger partial charge in [0.2, 0.25) is 5.88 Å². The normalized spacial score (nSPS) is 12.4. The predicted molar refractivity (Wildman–Crippen MR) is 121 cm³/mol. The molecule has 0 saturated heterocycles. The number of hydrogen-bond acceptors (Lipinski definition) is 3. The second kappa shape index (κ2) is 13.5. The van der Waals surface area contributed by atoms with Crippen LogP contribution in [0.4, 0.5) is 8.78 Å². The number of carbonyl (C=O) groups is 1. The zero-order valence-electron chi connectivity index (χ0n) is 18.4. The Hall–Kier alpha value is -2.76. The van der Waals surface area contributed by atoms with Crippen LogP contribution in [0.1, 0.15) is 52.4 Å². The van der Waals surface area contributed by atoms with Crippen molar-refractivity contribution in [3.63, 3.8) is 0 Å². The molecule has 0 aliphatic rings. The van der Waals surface area contributed by atoms with E-state index in [2.05, 4.69) is 10.3 Å². The van der Waals surface area contributed by atoms with Crippen LogP contribution in [0.2, 0.25) is 0 Å². The highest BCUT2D eigenvalue weighted by Gasteiger charge is 2.09. The minimum Gasteiger partial charge on any atom is -0.478 e. The summed E-state index contributed by atoms with van der Waals surface area (Å²) in [5.41, 5.74) is 0.922. The quantitative estimate of drug-likeness (QED) is 0.226. The van der Waals surface area contributed by atoms with Gasteiger partial charge in [0.05, 0.1) is 12.1 Å². The number of nitrogens with one attached hydrogen (secondary N) is 1. The van der Waals surface area contributed by atoms with Crippen LogP contribution in [-0.4, -0.2) is 24.0 Å². The third-order valence-electron chi connectivity index (χ3n) is 4.66. The van der Waals surface area contributed by atoms with Gasteiger partial charge < -0.3 is 10.1 Å². The van der Waals surface area contributed by atoms with Crippen LogP contribution in [0, 0.1) is 5.92 Å². The lowest BCUT2D eigenvalue weighted by molar-refractivity contribution is -0.119. The molecule has 1 amide bonds. The van der Waals surface area contributed by atoms with Gasteiger partial charge in [-0.3, -0.25) is 4.79 Å². The molecule has 4 nitrogen and oxygen atoms in total. The average Bonchev–Trinajstić information content (AvgIpc) is 2.76. The Kier molecular flexibility index (Phi) is 10.7. The molecule has 2 rings (SSSR count). The fraction of sp³-hybridized carbons (Fsp3) is 0.440. The first-order valence-corrected chi connectivity index (χ1v) is 11.0. The summed E-state index contributed by atoms with van der Waals surface area (Å²) >= 11 is 0. The molecule has 0 aliphatic heterocycles. The molecular weight excluding hydrogens is 398 g/mol. The molecule has 1 aromatic heterocycles. The van der Waals surface area contributed by atoms with E-state index in [-0.39, 0.29) is 5.92 Å². The highest BCUT2D eigenvalue weighted by atomic mass is 19.1. The molecule has 31 heavy (non-hydrogen) atoms. The predicted octanol–water partition coefficient (Wildman–Crippen LogP) is 6.43. The number of hydrogen-bond donors (Lipinski definition) is 1.